The number of rotatable bonds is 10. The third-order valence-corrected chi connectivity index (χ3v) is 6.53. The maximum atomic E-state index is 14.9. The number of nitrogen functional groups attached to an aromatic ring is 1. The number of hydrogen-bond donors (Lipinski definition) is 3. The van der Waals surface area contributed by atoms with Gasteiger partial charge in [-0.15, -0.1) is 0 Å². The number of ether oxygens (including phenoxy) is 2. The van der Waals surface area contributed by atoms with Crippen molar-refractivity contribution in [1.29, 1.82) is 0 Å². The number of halogens is 3. The molecule has 0 aliphatic rings. The lowest BCUT2D eigenvalue weighted by molar-refractivity contribution is -0.149. The molecule has 10 nitrogen and oxygen atoms in total. The van der Waals surface area contributed by atoms with Gasteiger partial charge in [0.25, 0.3) is 5.91 Å². The number of nitrogens with two attached hydrogens (primary N) is 2. The molecule has 0 aliphatic carbocycles. The molecule has 0 aliphatic heterocycles. The zero-order valence-electron chi connectivity index (χ0n) is 23.1. The molecule has 0 bridgehead atoms. The Hall–Kier alpha value is -4.81. The number of benzene rings is 2. The van der Waals surface area contributed by atoms with Crippen molar-refractivity contribution in [1.82, 2.24) is 9.55 Å². The van der Waals surface area contributed by atoms with Crippen molar-refractivity contribution in [3.63, 3.8) is 0 Å². The lowest BCUT2D eigenvalue weighted by Crippen LogP contribution is -2.34. The number of carbonyl (C=O) groups excluding carboxylic acids is 2. The second-order valence-corrected chi connectivity index (χ2v) is 10.4. The predicted octanol–water partition coefficient (Wildman–Crippen LogP) is 5.34. The molecule has 43 heavy (non-hydrogen) atoms. The number of anilines is 2. The average molecular weight is 612 g/mol. The smallest absolute Gasteiger partial charge is 0.324 e. The van der Waals surface area contributed by atoms with E-state index in [9.17, 15) is 23.2 Å². The van der Waals surface area contributed by atoms with Gasteiger partial charge in [-0.25, -0.2) is 13.8 Å². The molecule has 5 N–H and O–H groups in total. The molecule has 13 heteroatoms. The molecule has 0 fully saturated rings. The van der Waals surface area contributed by atoms with Gasteiger partial charge in [-0.1, -0.05) is 37.6 Å². The van der Waals surface area contributed by atoms with Crippen molar-refractivity contribution in [2.45, 2.75) is 33.0 Å². The van der Waals surface area contributed by atoms with Crippen LogP contribution in [0.15, 0.2) is 71.9 Å². The molecule has 2 aromatic heterocycles. The second kappa shape index (κ2) is 13.4. The van der Waals surface area contributed by atoms with Gasteiger partial charge in [0.2, 0.25) is 5.43 Å². The highest BCUT2D eigenvalue weighted by Gasteiger charge is 2.20. The molecule has 4 rings (SSSR count). The van der Waals surface area contributed by atoms with E-state index in [-0.39, 0.29) is 51.8 Å². The third-order valence-electron chi connectivity index (χ3n) is 6.15. The van der Waals surface area contributed by atoms with E-state index in [1.165, 1.54) is 53.5 Å². The molecule has 1 atom stereocenters. The van der Waals surface area contributed by atoms with Crippen molar-refractivity contribution in [3.8, 4) is 22.6 Å². The van der Waals surface area contributed by atoms with Crippen LogP contribution in [-0.2, 0) is 16.3 Å². The first-order chi connectivity index (χ1) is 20.4. The van der Waals surface area contributed by atoms with Crippen LogP contribution in [0.1, 0.15) is 30.6 Å². The summed E-state index contributed by atoms with van der Waals surface area (Å²) < 4.78 is 40.5. The van der Waals surface area contributed by atoms with E-state index in [0.29, 0.717) is 12.0 Å². The van der Waals surface area contributed by atoms with Gasteiger partial charge >= 0.3 is 5.97 Å². The zero-order valence-corrected chi connectivity index (χ0v) is 23.9. The van der Waals surface area contributed by atoms with Crippen LogP contribution in [0, 0.1) is 17.6 Å². The van der Waals surface area contributed by atoms with Crippen LogP contribution in [0.2, 0.25) is 5.02 Å². The highest BCUT2D eigenvalue weighted by Crippen LogP contribution is 2.34. The Morgan fingerprint density at radius 2 is 1.79 bits per heavy atom. The van der Waals surface area contributed by atoms with Gasteiger partial charge in [0.1, 0.15) is 28.3 Å². The Morgan fingerprint density at radius 3 is 2.47 bits per heavy atom. The van der Waals surface area contributed by atoms with Gasteiger partial charge in [0, 0.05) is 42.0 Å². The Balaban J connectivity index is 1.60. The van der Waals surface area contributed by atoms with Crippen molar-refractivity contribution < 1.29 is 27.8 Å². The van der Waals surface area contributed by atoms with Crippen molar-refractivity contribution >= 4 is 35.0 Å². The number of carbonyl (C=O) groups is 2. The number of hydrogen-bond acceptors (Lipinski definition) is 8. The molecule has 224 valence electrons. The third kappa shape index (κ3) is 7.73. The van der Waals surface area contributed by atoms with Crippen molar-refractivity contribution in [2.75, 3.05) is 11.1 Å². The monoisotopic (exact) mass is 611 g/mol. The molecule has 0 unspecified atom stereocenters. The van der Waals surface area contributed by atoms with Crippen LogP contribution in [0.4, 0.5) is 20.3 Å². The Labute approximate surface area is 250 Å². The van der Waals surface area contributed by atoms with Gasteiger partial charge in [-0.3, -0.25) is 14.4 Å². The fourth-order valence-electron chi connectivity index (χ4n) is 4.05. The van der Waals surface area contributed by atoms with Gasteiger partial charge in [0.05, 0.1) is 0 Å². The van der Waals surface area contributed by atoms with E-state index in [0.717, 1.165) is 18.2 Å². The van der Waals surface area contributed by atoms with Crippen LogP contribution in [0.25, 0.3) is 11.1 Å². The minimum absolute atomic E-state index is 0.00387. The predicted molar refractivity (Wildman–Crippen MR) is 158 cm³/mol. The molecule has 2 aromatic carbocycles. The summed E-state index contributed by atoms with van der Waals surface area (Å²) in [5.41, 5.74) is 10.9. The summed E-state index contributed by atoms with van der Waals surface area (Å²) in [6, 6.07) is 9.23. The van der Waals surface area contributed by atoms with Crippen molar-refractivity contribution in [3.05, 3.63) is 99.6 Å². The number of esters is 1. The van der Waals surface area contributed by atoms with Crippen LogP contribution < -0.4 is 26.9 Å². The summed E-state index contributed by atoms with van der Waals surface area (Å²) in [6.45, 7) is 3.46. The zero-order chi connectivity index (χ0) is 31.3. The number of aromatic nitrogens is 2. The normalized spacial score (nSPS) is 11.7. The first-order valence-corrected chi connectivity index (χ1v) is 13.4. The maximum Gasteiger partial charge on any atom is 0.324 e. The van der Waals surface area contributed by atoms with Crippen molar-refractivity contribution in [2.24, 2.45) is 11.7 Å². The van der Waals surface area contributed by atoms with Crippen LogP contribution in [-0.4, -0.2) is 27.5 Å². The van der Waals surface area contributed by atoms with Gasteiger partial charge in [0.15, 0.2) is 24.0 Å². The largest absolute Gasteiger partial charge is 0.453 e. The summed E-state index contributed by atoms with van der Waals surface area (Å²) in [4.78, 5) is 42.8. The number of pyridine rings is 2. The summed E-state index contributed by atoms with van der Waals surface area (Å²) in [5.74, 6) is -2.85. The minimum Gasteiger partial charge on any atom is -0.453 e. The average Bonchev–Trinajstić information content (AvgIpc) is 2.96. The number of nitrogens with zero attached hydrogens (tertiary/aromatic N) is 2. The quantitative estimate of drug-likeness (QED) is 0.203. The van der Waals surface area contributed by atoms with Gasteiger partial charge in [-0.2, -0.15) is 0 Å². The van der Waals surface area contributed by atoms with E-state index in [1.807, 2.05) is 13.8 Å². The summed E-state index contributed by atoms with van der Waals surface area (Å²) in [7, 11) is 0. The Bertz CT molecular complexity index is 1710. The Morgan fingerprint density at radius 1 is 1.07 bits per heavy atom. The molecule has 0 saturated carbocycles. The van der Waals surface area contributed by atoms with E-state index in [1.54, 1.807) is 0 Å². The molecule has 0 saturated heterocycles. The second-order valence-electron chi connectivity index (χ2n) is 9.97. The number of nitrogens with one attached hydrogen (secondary N) is 1. The van der Waals surface area contributed by atoms with Crippen LogP contribution in [0.5, 0.6) is 11.5 Å². The van der Waals surface area contributed by atoms with E-state index in [4.69, 9.17) is 32.5 Å². The maximum absolute atomic E-state index is 14.9. The van der Waals surface area contributed by atoms with E-state index in [2.05, 4.69) is 10.3 Å². The molecule has 2 heterocycles. The molecule has 4 aromatic rings. The standard InChI is InChI=1S/C30H28ClF2N5O5/c1-16(2)11-23(34)30(41)42-15-38-13-20(17-3-5-18(32)6-4-17)27(39)21(14-38)29(40)37-19-7-8-24(22(33)12-19)43-25-9-10-36-28(35)26(25)31/h3-10,12-14,16,23H,11,15,34H2,1-2H3,(H2,35,36)(H,37,40)/t23-/m1/s1. The Kier molecular flexibility index (Phi) is 9.73. The number of amides is 1. The van der Waals surface area contributed by atoms with Crippen LogP contribution in [0.3, 0.4) is 0 Å². The molecule has 0 radical (unpaired) electrons. The lowest BCUT2D eigenvalue weighted by Gasteiger charge is -2.16. The highest BCUT2D eigenvalue weighted by molar-refractivity contribution is 6.34. The van der Waals surface area contributed by atoms with E-state index < -0.39 is 35.0 Å². The highest BCUT2D eigenvalue weighted by atomic mass is 35.5. The first kappa shape index (κ1) is 31.1. The molecular formula is C30H28ClF2N5O5. The lowest BCUT2D eigenvalue weighted by atomic mass is 10.0. The molecule has 1 amide bonds. The summed E-state index contributed by atoms with van der Waals surface area (Å²) in [6.07, 6.45) is 4.31. The fraction of sp³-hybridized carbons (Fsp3) is 0.200. The topological polar surface area (TPSA) is 152 Å². The summed E-state index contributed by atoms with van der Waals surface area (Å²) >= 11 is 6.05. The van der Waals surface area contributed by atoms with Gasteiger partial charge < -0.3 is 30.8 Å². The molecular weight excluding hydrogens is 584 g/mol. The summed E-state index contributed by atoms with van der Waals surface area (Å²) in [5, 5.41) is 2.48. The minimum atomic E-state index is -0.872. The fourth-order valence-corrected chi connectivity index (χ4v) is 4.20. The SMILES string of the molecule is CC(C)C[C@@H](N)C(=O)OCn1cc(C(=O)Nc2ccc(Oc3ccnc(N)c3Cl)c(F)c2)c(=O)c(-c2ccc(F)cc2)c1. The molecule has 0 spiro atoms. The van der Waals surface area contributed by atoms with Gasteiger partial charge in [-0.05, 0) is 42.2 Å². The van der Waals surface area contributed by atoms with Crippen LogP contribution >= 0.6 is 11.6 Å². The first-order valence-electron chi connectivity index (χ1n) is 13.0. The van der Waals surface area contributed by atoms with E-state index >= 15 is 0 Å².